The average molecular weight is 525 g/mol. The van der Waals surface area contributed by atoms with Crippen LogP contribution in [0.1, 0.15) is 24.3 Å². The van der Waals surface area contributed by atoms with Crippen molar-refractivity contribution in [3.63, 3.8) is 0 Å². The number of amides is 4. The Morgan fingerprint density at radius 2 is 1.71 bits per heavy atom. The Morgan fingerprint density at radius 3 is 2.34 bits per heavy atom. The van der Waals surface area contributed by atoms with Crippen molar-refractivity contribution in [3.05, 3.63) is 29.3 Å². The summed E-state index contributed by atoms with van der Waals surface area (Å²) >= 11 is 14.0. The number of alkyl halides is 2. The Morgan fingerprint density at radius 1 is 1.03 bits per heavy atom. The van der Waals surface area contributed by atoms with Gasteiger partial charge in [-0.05, 0) is 18.8 Å². The van der Waals surface area contributed by atoms with E-state index in [0.717, 1.165) is 4.90 Å². The van der Waals surface area contributed by atoms with Crippen molar-refractivity contribution in [1.29, 1.82) is 0 Å². The van der Waals surface area contributed by atoms with Gasteiger partial charge in [0.05, 0.1) is 26.1 Å². The molecule has 5 rings (SSSR count). The number of ether oxygens (including phenoxy) is 2. The minimum atomic E-state index is -2.07. The Hall–Kier alpha value is -2.82. The lowest BCUT2D eigenvalue weighted by molar-refractivity contribution is -0.173. The number of hydrogen-bond acceptors (Lipinski definition) is 8. The molecule has 1 aromatic rings. The van der Waals surface area contributed by atoms with Gasteiger partial charge in [0.15, 0.2) is 9.75 Å². The zero-order chi connectivity index (χ0) is 25.6. The Kier molecular flexibility index (Phi) is 5.18. The van der Waals surface area contributed by atoms with Crippen LogP contribution in [0, 0.1) is 17.8 Å². The summed E-state index contributed by atoms with van der Waals surface area (Å²) in [6, 6.07) is 2.81. The number of rotatable bonds is 3. The first-order valence-electron chi connectivity index (χ1n) is 10.9. The van der Waals surface area contributed by atoms with Crippen LogP contribution < -0.4 is 9.47 Å². The second kappa shape index (κ2) is 7.59. The van der Waals surface area contributed by atoms with Crippen LogP contribution in [0.5, 0.6) is 17.2 Å². The molecule has 35 heavy (non-hydrogen) atoms. The number of imide groups is 2. The second-order valence-corrected chi connectivity index (χ2v) is 10.5. The summed E-state index contributed by atoms with van der Waals surface area (Å²) in [5.41, 5.74) is 0.556. The number of methoxy groups -OCH3 is 2. The topological polar surface area (TPSA) is 134 Å². The van der Waals surface area contributed by atoms with Gasteiger partial charge in [0.2, 0.25) is 0 Å². The first-order chi connectivity index (χ1) is 16.4. The highest BCUT2D eigenvalue weighted by atomic mass is 35.5. The van der Waals surface area contributed by atoms with Gasteiger partial charge in [-0.1, -0.05) is 11.6 Å². The SMILES string of the molecule is COc1cc(O)c(C2C3=CCC4C(=O)N(O)C(=O)C4C3CC3(Cl)C(=O)N(C)C(=O)C23Cl)c(OC)c1. The third kappa shape index (κ3) is 2.75. The number of carbonyl (C=O) groups excluding carboxylic acids is 4. The van der Waals surface area contributed by atoms with Crippen LogP contribution in [0.3, 0.4) is 0 Å². The summed E-state index contributed by atoms with van der Waals surface area (Å²) in [5, 5.41) is 21.2. The number of nitrogens with zero attached hydrogens (tertiary/aromatic N) is 2. The first kappa shape index (κ1) is 23.9. The molecule has 0 bridgehead atoms. The van der Waals surface area contributed by atoms with Crippen molar-refractivity contribution >= 4 is 46.8 Å². The van der Waals surface area contributed by atoms with Gasteiger partial charge >= 0.3 is 0 Å². The van der Waals surface area contributed by atoms with E-state index in [-0.39, 0.29) is 40.7 Å². The number of allylic oxidation sites excluding steroid dienone is 2. The molecule has 0 aromatic heterocycles. The highest BCUT2D eigenvalue weighted by Gasteiger charge is 2.76. The molecule has 0 spiro atoms. The van der Waals surface area contributed by atoms with Crippen molar-refractivity contribution in [2.75, 3.05) is 21.3 Å². The molecular formula is C23H22Cl2N2O8. The van der Waals surface area contributed by atoms with Gasteiger partial charge in [0, 0.05) is 30.7 Å². The number of fused-ring (bicyclic) bond motifs is 4. The van der Waals surface area contributed by atoms with Crippen LogP contribution >= 0.6 is 23.2 Å². The van der Waals surface area contributed by atoms with E-state index in [1.54, 1.807) is 6.08 Å². The van der Waals surface area contributed by atoms with Crippen molar-refractivity contribution in [1.82, 2.24) is 9.96 Å². The lowest BCUT2D eigenvalue weighted by Crippen LogP contribution is -2.60. The van der Waals surface area contributed by atoms with E-state index in [2.05, 4.69) is 0 Å². The molecule has 2 saturated heterocycles. The first-order valence-corrected chi connectivity index (χ1v) is 11.6. The third-order valence-electron chi connectivity index (χ3n) is 7.83. The molecule has 2 aliphatic carbocycles. The molecule has 2 aliphatic heterocycles. The Bertz CT molecular complexity index is 1230. The van der Waals surface area contributed by atoms with Crippen LogP contribution in [-0.4, -0.2) is 74.9 Å². The van der Waals surface area contributed by atoms with E-state index in [0.29, 0.717) is 5.57 Å². The fourth-order valence-electron chi connectivity index (χ4n) is 6.21. The van der Waals surface area contributed by atoms with Crippen molar-refractivity contribution < 1.29 is 39.0 Å². The van der Waals surface area contributed by atoms with Crippen molar-refractivity contribution in [3.8, 4) is 17.2 Å². The molecular weight excluding hydrogens is 503 g/mol. The minimum absolute atomic E-state index is 0.0914. The number of phenolic OH excluding ortho intramolecular Hbond substituents is 1. The molecule has 4 amide bonds. The summed E-state index contributed by atoms with van der Waals surface area (Å²) in [6.07, 6.45) is 1.55. The van der Waals surface area contributed by atoms with Gasteiger partial charge in [-0.15, -0.1) is 23.2 Å². The molecule has 1 saturated carbocycles. The zero-order valence-corrected chi connectivity index (χ0v) is 20.5. The highest BCUT2D eigenvalue weighted by molar-refractivity contribution is 6.53. The minimum Gasteiger partial charge on any atom is -0.507 e. The lowest BCUT2D eigenvalue weighted by atomic mass is 9.56. The smallest absolute Gasteiger partial charge is 0.257 e. The molecule has 0 radical (unpaired) electrons. The number of aromatic hydroxyl groups is 1. The van der Waals surface area contributed by atoms with Gasteiger partial charge in [-0.2, -0.15) is 5.06 Å². The second-order valence-electron chi connectivity index (χ2n) is 9.25. The largest absolute Gasteiger partial charge is 0.507 e. The van der Waals surface area contributed by atoms with Crippen LogP contribution in [0.2, 0.25) is 0 Å². The molecule has 3 fully saturated rings. The number of phenols is 1. The van der Waals surface area contributed by atoms with E-state index in [9.17, 15) is 29.5 Å². The average Bonchev–Trinajstić information content (AvgIpc) is 3.13. The van der Waals surface area contributed by atoms with Crippen LogP contribution in [0.25, 0.3) is 0 Å². The molecule has 6 unspecified atom stereocenters. The summed E-state index contributed by atoms with van der Waals surface area (Å²) < 4.78 is 10.7. The fraction of sp³-hybridized carbons (Fsp3) is 0.478. The highest BCUT2D eigenvalue weighted by Crippen LogP contribution is 2.66. The number of likely N-dealkylation sites (tertiary alicyclic amines) is 1. The number of benzene rings is 1. The number of halogens is 2. The molecule has 6 atom stereocenters. The molecule has 2 N–H and O–H groups in total. The van der Waals surface area contributed by atoms with Crippen LogP contribution in [-0.2, 0) is 19.2 Å². The van der Waals surface area contributed by atoms with E-state index in [1.807, 2.05) is 0 Å². The molecule has 2 heterocycles. The van der Waals surface area contributed by atoms with E-state index in [4.69, 9.17) is 32.7 Å². The maximum atomic E-state index is 13.5. The van der Waals surface area contributed by atoms with Gasteiger partial charge < -0.3 is 14.6 Å². The quantitative estimate of drug-likeness (QED) is 0.264. The number of hydroxylamine groups is 2. The van der Waals surface area contributed by atoms with E-state index in [1.165, 1.54) is 33.4 Å². The molecule has 10 nitrogen and oxygen atoms in total. The van der Waals surface area contributed by atoms with E-state index >= 15 is 0 Å². The van der Waals surface area contributed by atoms with Gasteiger partial charge in [0.1, 0.15) is 17.2 Å². The monoisotopic (exact) mass is 524 g/mol. The lowest BCUT2D eigenvalue weighted by Gasteiger charge is -2.50. The third-order valence-corrected chi connectivity index (χ3v) is 9.24. The molecule has 12 heteroatoms. The molecule has 1 aromatic carbocycles. The van der Waals surface area contributed by atoms with E-state index < -0.39 is 57.0 Å². The summed E-state index contributed by atoms with van der Waals surface area (Å²) in [7, 11) is 4.02. The Balaban J connectivity index is 1.80. The Labute approximate surface area is 209 Å². The van der Waals surface area contributed by atoms with Crippen molar-refractivity contribution in [2.45, 2.75) is 28.5 Å². The fourth-order valence-corrected chi connectivity index (χ4v) is 7.21. The molecule has 4 aliphatic rings. The maximum Gasteiger partial charge on any atom is 0.257 e. The van der Waals surface area contributed by atoms with Gasteiger partial charge in [-0.3, -0.25) is 29.3 Å². The van der Waals surface area contributed by atoms with Crippen LogP contribution in [0.15, 0.2) is 23.8 Å². The maximum absolute atomic E-state index is 13.5. The number of carbonyl (C=O) groups is 4. The molecule has 186 valence electrons. The zero-order valence-electron chi connectivity index (χ0n) is 18.9. The van der Waals surface area contributed by atoms with Crippen molar-refractivity contribution in [2.24, 2.45) is 17.8 Å². The standard InChI is InChI=1S/C23H22Cl2N2O8/c1-26-20(31)22(24)8-12-10(4-5-11-15(12)19(30)27(33)18(11)29)17(23(22,25)21(26)32)16-13(28)6-9(34-2)7-14(16)35-3/h4,6-7,11-12,15,17,28,33H,5,8H2,1-3H3. The normalized spacial score (nSPS) is 36.1. The van der Waals surface area contributed by atoms with Gasteiger partial charge in [-0.25, -0.2) is 0 Å². The number of hydrogen-bond donors (Lipinski definition) is 2. The summed E-state index contributed by atoms with van der Waals surface area (Å²) in [4.78, 5) is 49.0. The van der Waals surface area contributed by atoms with Crippen LogP contribution in [0.4, 0.5) is 0 Å². The predicted molar refractivity (Wildman–Crippen MR) is 120 cm³/mol. The summed E-state index contributed by atoms with van der Waals surface area (Å²) in [6.45, 7) is 0. The summed E-state index contributed by atoms with van der Waals surface area (Å²) in [5.74, 6) is -6.85. The van der Waals surface area contributed by atoms with Gasteiger partial charge in [0.25, 0.3) is 23.6 Å². The predicted octanol–water partition coefficient (Wildman–Crippen LogP) is 1.79.